The third-order valence-electron chi connectivity index (χ3n) is 1.72. The van der Waals surface area contributed by atoms with E-state index in [0.29, 0.717) is 6.54 Å². The van der Waals surface area contributed by atoms with Crippen molar-refractivity contribution in [3.05, 3.63) is 20.8 Å². The predicted octanol–water partition coefficient (Wildman–Crippen LogP) is 1.80. The molecule has 0 aliphatic heterocycles. The second kappa shape index (κ2) is 5.07. The molecule has 4 nitrogen and oxygen atoms in total. The molecule has 1 aromatic rings. The van der Waals surface area contributed by atoms with Crippen LogP contribution >= 0.6 is 27.3 Å². The average Bonchev–Trinajstić information content (AvgIpc) is 2.51. The molecule has 0 saturated carbocycles. The molecule has 1 rings (SSSR count). The number of nitriles is 1. The van der Waals surface area contributed by atoms with E-state index >= 15 is 0 Å². The normalized spacial score (nSPS) is 11.6. The Bertz CT molecular complexity index is 475. The van der Waals surface area contributed by atoms with Gasteiger partial charge in [0.05, 0.1) is 6.07 Å². The third-order valence-corrected chi connectivity index (χ3v) is 4.98. The van der Waals surface area contributed by atoms with Crippen LogP contribution in [0.1, 0.15) is 4.88 Å². The van der Waals surface area contributed by atoms with E-state index < -0.39 is 15.8 Å². The molecule has 82 valence electrons. The molecule has 0 radical (unpaired) electrons. The van der Waals surface area contributed by atoms with Crippen LogP contribution in [0.3, 0.4) is 0 Å². The molecule has 7 heteroatoms. The van der Waals surface area contributed by atoms with E-state index in [1.807, 2.05) is 11.4 Å². The van der Waals surface area contributed by atoms with Gasteiger partial charge in [0.1, 0.15) is 0 Å². The number of rotatable bonds is 4. The van der Waals surface area contributed by atoms with Crippen molar-refractivity contribution in [2.24, 2.45) is 0 Å². The Labute approximate surface area is 101 Å². The van der Waals surface area contributed by atoms with Crippen LogP contribution in [0.15, 0.2) is 15.9 Å². The van der Waals surface area contributed by atoms with Crippen molar-refractivity contribution < 1.29 is 8.42 Å². The second-order valence-corrected chi connectivity index (χ2v) is 6.89. The summed E-state index contributed by atoms with van der Waals surface area (Å²) in [7, 11) is -1.96. The number of thiophene rings is 1. The minimum absolute atomic E-state index is 0.306. The molecule has 15 heavy (non-hydrogen) atoms. The summed E-state index contributed by atoms with van der Waals surface area (Å²) in [5, 5.41) is 10.2. The minimum Gasteiger partial charge on any atom is -0.211 e. The van der Waals surface area contributed by atoms with Crippen molar-refractivity contribution in [3.63, 3.8) is 0 Å². The molecular formula is C8H9BrN2O2S2. The van der Waals surface area contributed by atoms with Gasteiger partial charge in [-0.2, -0.15) is 9.57 Å². The molecule has 0 N–H and O–H groups in total. The van der Waals surface area contributed by atoms with Gasteiger partial charge in [0.15, 0.2) is 5.75 Å². The monoisotopic (exact) mass is 308 g/mol. The van der Waals surface area contributed by atoms with Gasteiger partial charge >= 0.3 is 0 Å². The maximum atomic E-state index is 11.4. The number of halogens is 1. The zero-order chi connectivity index (χ0) is 11.5. The lowest BCUT2D eigenvalue weighted by Gasteiger charge is -2.13. The Morgan fingerprint density at radius 1 is 1.67 bits per heavy atom. The quantitative estimate of drug-likeness (QED) is 0.852. The Hall–Kier alpha value is -0.420. The van der Waals surface area contributed by atoms with Crippen molar-refractivity contribution in [1.29, 1.82) is 5.26 Å². The first kappa shape index (κ1) is 12.6. The Kier molecular flexibility index (Phi) is 4.28. The zero-order valence-electron chi connectivity index (χ0n) is 7.97. The predicted molar refractivity (Wildman–Crippen MR) is 62.9 cm³/mol. The van der Waals surface area contributed by atoms with E-state index in [1.165, 1.54) is 22.7 Å². The first-order valence-corrected chi connectivity index (χ1v) is 7.28. The fourth-order valence-corrected chi connectivity index (χ4v) is 3.25. The van der Waals surface area contributed by atoms with E-state index in [-0.39, 0.29) is 0 Å². The molecule has 0 aliphatic rings. The lowest BCUT2D eigenvalue weighted by Crippen LogP contribution is -2.27. The van der Waals surface area contributed by atoms with Gasteiger partial charge < -0.3 is 0 Å². The third kappa shape index (κ3) is 3.57. The van der Waals surface area contributed by atoms with Gasteiger partial charge in [0, 0.05) is 28.3 Å². The summed E-state index contributed by atoms with van der Waals surface area (Å²) in [5.41, 5.74) is 0. The highest BCUT2D eigenvalue weighted by molar-refractivity contribution is 9.10. The topological polar surface area (TPSA) is 61.2 Å². The molecule has 0 amide bonds. The lowest BCUT2D eigenvalue weighted by molar-refractivity contribution is 0.472. The maximum absolute atomic E-state index is 11.4. The molecule has 0 aliphatic carbocycles. The standard InChI is InChI=1S/C8H9BrN2O2S2/c1-11(15(12,13)3-2-10)5-8-4-7(9)6-14-8/h4,6H,3,5H2,1H3. The summed E-state index contributed by atoms with van der Waals surface area (Å²) in [6, 6.07) is 3.51. The van der Waals surface area contributed by atoms with E-state index in [0.717, 1.165) is 9.35 Å². The van der Waals surface area contributed by atoms with Gasteiger partial charge in [-0.3, -0.25) is 0 Å². The van der Waals surface area contributed by atoms with E-state index in [9.17, 15) is 8.42 Å². The highest BCUT2D eigenvalue weighted by atomic mass is 79.9. The smallest absolute Gasteiger partial charge is 0.211 e. The van der Waals surface area contributed by atoms with Crippen LogP contribution in [-0.4, -0.2) is 25.5 Å². The lowest BCUT2D eigenvalue weighted by atomic mass is 10.5. The molecule has 0 saturated heterocycles. The molecule has 1 aromatic heterocycles. The molecule has 0 atom stereocenters. The number of nitrogens with zero attached hydrogens (tertiary/aromatic N) is 2. The minimum atomic E-state index is -3.44. The van der Waals surface area contributed by atoms with Gasteiger partial charge in [-0.25, -0.2) is 8.42 Å². The fraction of sp³-hybridized carbons (Fsp3) is 0.375. The van der Waals surface area contributed by atoms with Crippen LogP contribution in [-0.2, 0) is 16.6 Å². The molecule has 1 heterocycles. The van der Waals surface area contributed by atoms with E-state index in [1.54, 1.807) is 6.07 Å². The van der Waals surface area contributed by atoms with Crippen LogP contribution in [0, 0.1) is 11.3 Å². The molecular weight excluding hydrogens is 300 g/mol. The van der Waals surface area contributed by atoms with Crippen LogP contribution in [0.5, 0.6) is 0 Å². The summed E-state index contributed by atoms with van der Waals surface area (Å²) >= 11 is 4.77. The summed E-state index contributed by atoms with van der Waals surface area (Å²) < 4.78 is 25.0. The first-order valence-electron chi connectivity index (χ1n) is 3.99. The SMILES string of the molecule is CN(Cc1cc(Br)cs1)S(=O)(=O)CC#N. The average molecular weight is 309 g/mol. The Balaban J connectivity index is 2.72. The molecule has 0 spiro atoms. The van der Waals surface area contributed by atoms with Crippen molar-refractivity contribution in [1.82, 2.24) is 4.31 Å². The van der Waals surface area contributed by atoms with Gasteiger partial charge in [0.25, 0.3) is 0 Å². The number of hydrogen-bond donors (Lipinski definition) is 0. The number of hydrogen-bond acceptors (Lipinski definition) is 4. The summed E-state index contributed by atoms with van der Waals surface area (Å²) in [4.78, 5) is 0.936. The highest BCUT2D eigenvalue weighted by Gasteiger charge is 2.17. The van der Waals surface area contributed by atoms with Gasteiger partial charge in [-0.05, 0) is 22.0 Å². The van der Waals surface area contributed by atoms with Crippen LogP contribution in [0.2, 0.25) is 0 Å². The summed E-state index contributed by atoms with van der Waals surface area (Å²) in [6.45, 7) is 0.306. The van der Waals surface area contributed by atoms with Gasteiger partial charge in [-0.1, -0.05) is 0 Å². The number of sulfonamides is 1. The second-order valence-electron chi connectivity index (χ2n) is 2.90. The van der Waals surface area contributed by atoms with Crippen molar-refractivity contribution in [2.45, 2.75) is 6.54 Å². The van der Waals surface area contributed by atoms with Crippen LogP contribution < -0.4 is 0 Å². The molecule has 0 bridgehead atoms. The highest BCUT2D eigenvalue weighted by Crippen LogP contribution is 2.21. The first-order chi connectivity index (χ1) is 6.95. The van der Waals surface area contributed by atoms with Crippen LogP contribution in [0.4, 0.5) is 0 Å². The van der Waals surface area contributed by atoms with Gasteiger partial charge in [0.2, 0.25) is 10.0 Å². The maximum Gasteiger partial charge on any atom is 0.227 e. The molecule has 0 aromatic carbocycles. The van der Waals surface area contributed by atoms with Crippen molar-refractivity contribution in [3.8, 4) is 6.07 Å². The molecule has 0 fully saturated rings. The Morgan fingerprint density at radius 3 is 2.80 bits per heavy atom. The fourth-order valence-electron chi connectivity index (χ4n) is 0.946. The summed E-state index contributed by atoms with van der Waals surface area (Å²) in [5.74, 6) is -0.476. The van der Waals surface area contributed by atoms with Crippen molar-refractivity contribution in [2.75, 3.05) is 12.8 Å². The van der Waals surface area contributed by atoms with Gasteiger partial charge in [-0.15, -0.1) is 11.3 Å². The van der Waals surface area contributed by atoms with Crippen LogP contribution in [0.25, 0.3) is 0 Å². The van der Waals surface area contributed by atoms with Crippen molar-refractivity contribution >= 4 is 37.3 Å². The molecule has 0 unspecified atom stereocenters. The van der Waals surface area contributed by atoms with E-state index in [2.05, 4.69) is 15.9 Å². The van der Waals surface area contributed by atoms with E-state index in [4.69, 9.17) is 5.26 Å². The Morgan fingerprint density at radius 2 is 2.33 bits per heavy atom. The summed E-state index contributed by atoms with van der Waals surface area (Å²) in [6.07, 6.45) is 0. The largest absolute Gasteiger partial charge is 0.227 e. The zero-order valence-corrected chi connectivity index (χ0v) is 11.2.